The average Bonchev–Trinajstić information content (AvgIpc) is 2.47. The van der Waals surface area contributed by atoms with Crippen molar-refractivity contribution in [3.63, 3.8) is 0 Å². The molecular formula is C17H12ClNO2. The highest BCUT2D eigenvalue weighted by Gasteiger charge is 2.05. The van der Waals surface area contributed by atoms with E-state index in [0.29, 0.717) is 5.02 Å². The minimum Gasteiger partial charge on any atom is -0.481 e. The molecule has 4 heteroatoms. The number of aliphatic carboxylic acids is 1. The lowest BCUT2D eigenvalue weighted by Crippen LogP contribution is -1.99. The number of benzene rings is 2. The number of fused-ring (bicyclic) bond motifs is 1. The van der Waals surface area contributed by atoms with Crippen molar-refractivity contribution in [2.45, 2.75) is 6.42 Å². The Kier molecular flexibility index (Phi) is 3.59. The molecule has 0 saturated carbocycles. The van der Waals surface area contributed by atoms with Crippen LogP contribution in [0.1, 0.15) is 5.56 Å². The van der Waals surface area contributed by atoms with Gasteiger partial charge in [-0.3, -0.25) is 4.79 Å². The molecule has 3 nitrogen and oxygen atoms in total. The van der Waals surface area contributed by atoms with Gasteiger partial charge in [0.05, 0.1) is 17.6 Å². The van der Waals surface area contributed by atoms with E-state index >= 15 is 0 Å². The number of aromatic nitrogens is 1. The fourth-order valence-electron chi connectivity index (χ4n) is 2.24. The summed E-state index contributed by atoms with van der Waals surface area (Å²) >= 11 is 5.88. The lowest BCUT2D eigenvalue weighted by atomic mass is 10.1. The molecule has 3 aromatic rings. The second-order valence-electron chi connectivity index (χ2n) is 4.80. The summed E-state index contributed by atoms with van der Waals surface area (Å²) in [6.07, 6.45) is 0.0227. The van der Waals surface area contributed by atoms with Crippen LogP contribution in [0.25, 0.3) is 22.2 Å². The molecule has 0 spiro atoms. The number of hydrogen-bond donors (Lipinski definition) is 1. The van der Waals surface area contributed by atoms with Crippen molar-refractivity contribution in [3.05, 3.63) is 65.2 Å². The number of halogens is 1. The molecule has 1 N–H and O–H groups in total. The smallest absolute Gasteiger partial charge is 0.307 e. The predicted molar refractivity (Wildman–Crippen MR) is 83.5 cm³/mol. The number of hydrogen-bond acceptors (Lipinski definition) is 2. The van der Waals surface area contributed by atoms with E-state index in [9.17, 15) is 4.79 Å². The van der Waals surface area contributed by atoms with E-state index < -0.39 is 5.97 Å². The van der Waals surface area contributed by atoms with Crippen LogP contribution in [-0.2, 0) is 11.2 Å². The Labute approximate surface area is 126 Å². The molecular weight excluding hydrogens is 286 g/mol. The van der Waals surface area contributed by atoms with Gasteiger partial charge in [-0.05, 0) is 35.9 Å². The van der Waals surface area contributed by atoms with Gasteiger partial charge in [0, 0.05) is 16.0 Å². The predicted octanol–water partition coefficient (Wildman–Crippen LogP) is 4.18. The van der Waals surface area contributed by atoms with E-state index in [2.05, 4.69) is 4.98 Å². The number of pyridine rings is 1. The topological polar surface area (TPSA) is 50.2 Å². The molecule has 0 unspecified atom stereocenters. The summed E-state index contributed by atoms with van der Waals surface area (Å²) < 4.78 is 0. The van der Waals surface area contributed by atoms with Crippen molar-refractivity contribution in [3.8, 4) is 11.3 Å². The van der Waals surface area contributed by atoms with Crippen LogP contribution in [0, 0.1) is 0 Å². The van der Waals surface area contributed by atoms with Gasteiger partial charge in [0.25, 0.3) is 0 Å². The van der Waals surface area contributed by atoms with Gasteiger partial charge in [-0.1, -0.05) is 35.9 Å². The maximum Gasteiger partial charge on any atom is 0.307 e. The van der Waals surface area contributed by atoms with Gasteiger partial charge in [0.15, 0.2) is 0 Å². The van der Waals surface area contributed by atoms with Crippen LogP contribution in [0.15, 0.2) is 54.6 Å². The largest absolute Gasteiger partial charge is 0.481 e. The Morgan fingerprint density at radius 2 is 1.81 bits per heavy atom. The molecule has 1 aromatic heterocycles. The number of rotatable bonds is 3. The Morgan fingerprint density at radius 1 is 1.05 bits per heavy atom. The van der Waals surface area contributed by atoms with E-state index in [1.165, 1.54) is 0 Å². The Bertz CT molecular complexity index is 813. The zero-order chi connectivity index (χ0) is 14.8. The molecule has 0 saturated heterocycles. The molecule has 0 aliphatic carbocycles. The van der Waals surface area contributed by atoms with Crippen molar-refractivity contribution in [1.82, 2.24) is 4.98 Å². The molecule has 0 radical (unpaired) electrons. The third-order valence-electron chi connectivity index (χ3n) is 3.25. The van der Waals surface area contributed by atoms with Crippen LogP contribution in [0.4, 0.5) is 0 Å². The molecule has 1 heterocycles. The van der Waals surface area contributed by atoms with Gasteiger partial charge < -0.3 is 5.11 Å². The summed E-state index contributed by atoms with van der Waals surface area (Å²) in [4.78, 5) is 15.3. The summed E-state index contributed by atoms with van der Waals surface area (Å²) in [5, 5.41) is 10.5. The quantitative estimate of drug-likeness (QED) is 0.789. The molecule has 0 bridgehead atoms. The number of nitrogens with zero attached hydrogens (tertiary/aromatic N) is 1. The standard InChI is InChI=1S/C17H12ClNO2/c18-14-5-2-12(3-6-14)15-8-4-13-9-11(10-17(20)21)1-7-16(13)19-15/h1-9H,10H2,(H,20,21). The first-order valence-electron chi connectivity index (χ1n) is 6.49. The summed E-state index contributed by atoms with van der Waals surface area (Å²) in [6, 6.07) is 16.9. The van der Waals surface area contributed by atoms with Gasteiger partial charge in [0.2, 0.25) is 0 Å². The maximum atomic E-state index is 10.7. The lowest BCUT2D eigenvalue weighted by Gasteiger charge is -2.05. The van der Waals surface area contributed by atoms with E-state index in [0.717, 1.165) is 27.7 Å². The van der Waals surface area contributed by atoms with Crippen molar-refractivity contribution < 1.29 is 9.90 Å². The molecule has 0 fully saturated rings. The molecule has 3 rings (SSSR count). The van der Waals surface area contributed by atoms with Gasteiger partial charge >= 0.3 is 5.97 Å². The van der Waals surface area contributed by atoms with E-state index in [1.807, 2.05) is 48.5 Å². The highest BCUT2D eigenvalue weighted by molar-refractivity contribution is 6.30. The average molecular weight is 298 g/mol. The maximum absolute atomic E-state index is 10.7. The van der Waals surface area contributed by atoms with E-state index in [-0.39, 0.29) is 6.42 Å². The van der Waals surface area contributed by atoms with Gasteiger partial charge in [-0.15, -0.1) is 0 Å². The lowest BCUT2D eigenvalue weighted by molar-refractivity contribution is -0.136. The Balaban J connectivity index is 2.00. The number of carbonyl (C=O) groups is 1. The number of carboxylic acid groups (broad SMARTS) is 1. The summed E-state index contributed by atoms with van der Waals surface area (Å²) in [5.41, 5.74) is 3.48. The zero-order valence-corrected chi connectivity index (χ0v) is 11.8. The van der Waals surface area contributed by atoms with Crippen molar-refractivity contribution >= 4 is 28.5 Å². The Morgan fingerprint density at radius 3 is 2.52 bits per heavy atom. The van der Waals surface area contributed by atoms with Gasteiger partial charge in [0.1, 0.15) is 0 Å². The number of carboxylic acids is 1. The highest BCUT2D eigenvalue weighted by atomic mass is 35.5. The molecule has 2 aromatic carbocycles. The van der Waals surface area contributed by atoms with Crippen LogP contribution in [0.3, 0.4) is 0 Å². The third kappa shape index (κ3) is 3.03. The van der Waals surface area contributed by atoms with Crippen LogP contribution in [-0.4, -0.2) is 16.1 Å². The van der Waals surface area contributed by atoms with Crippen molar-refractivity contribution in [1.29, 1.82) is 0 Å². The molecule has 0 amide bonds. The summed E-state index contributed by atoms with van der Waals surface area (Å²) in [7, 11) is 0. The summed E-state index contributed by atoms with van der Waals surface area (Å²) in [6.45, 7) is 0. The summed E-state index contributed by atoms with van der Waals surface area (Å²) in [5.74, 6) is -0.833. The van der Waals surface area contributed by atoms with E-state index in [1.54, 1.807) is 6.07 Å². The minimum absolute atomic E-state index is 0.0227. The second kappa shape index (κ2) is 5.54. The second-order valence-corrected chi connectivity index (χ2v) is 5.24. The van der Waals surface area contributed by atoms with Crippen LogP contribution >= 0.6 is 11.6 Å². The first-order valence-corrected chi connectivity index (χ1v) is 6.87. The zero-order valence-electron chi connectivity index (χ0n) is 11.1. The van der Waals surface area contributed by atoms with Crippen LogP contribution in [0.2, 0.25) is 5.02 Å². The molecule has 21 heavy (non-hydrogen) atoms. The van der Waals surface area contributed by atoms with Gasteiger partial charge in [-0.2, -0.15) is 0 Å². The third-order valence-corrected chi connectivity index (χ3v) is 3.50. The Hall–Kier alpha value is -2.39. The molecule has 104 valence electrons. The van der Waals surface area contributed by atoms with Crippen LogP contribution < -0.4 is 0 Å². The normalized spacial score (nSPS) is 10.7. The highest BCUT2D eigenvalue weighted by Crippen LogP contribution is 2.23. The first-order chi connectivity index (χ1) is 10.1. The van der Waals surface area contributed by atoms with Gasteiger partial charge in [-0.25, -0.2) is 4.98 Å². The monoisotopic (exact) mass is 297 g/mol. The minimum atomic E-state index is -0.833. The van der Waals surface area contributed by atoms with Crippen molar-refractivity contribution in [2.24, 2.45) is 0 Å². The molecule has 0 atom stereocenters. The fourth-order valence-corrected chi connectivity index (χ4v) is 2.37. The SMILES string of the molecule is O=C(O)Cc1ccc2nc(-c3ccc(Cl)cc3)ccc2c1. The molecule has 0 aliphatic rings. The van der Waals surface area contributed by atoms with Crippen molar-refractivity contribution in [2.75, 3.05) is 0 Å². The van der Waals surface area contributed by atoms with E-state index in [4.69, 9.17) is 16.7 Å². The first kappa shape index (κ1) is 13.6. The van der Waals surface area contributed by atoms with Crippen LogP contribution in [0.5, 0.6) is 0 Å². The fraction of sp³-hybridized carbons (Fsp3) is 0.0588. The molecule has 0 aliphatic heterocycles.